The molecule has 0 unspecified atom stereocenters. The highest BCUT2D eigenvalue weighted by Crippen LogP contribution is 2.39. The van der Waals surface area contributed by atoms with E-state index in [0.29, 0.717) is 6.42 Å². The summed E-state index contributed by atoms with van der Waals surface area (Å²) in [6, 6.07) is 12.3. The monoisotopic (exact) mass is 264 g/mol. The van der Waals surface area contributed by atoms with Crippen molar-refractivity contribution in [3.8, 4) is 11.1 Å². The predicted octanol–water partition coefficient (Wildman–Crippen LogP) is 2.77. The van der Waals surface area contributed by atoms with Gasteiger partial charge < -0.3 is 10.6 Å². The Bertz CT molecular complexity index is 704. The first-order valence-corrected chi connectivity index (χ1v) is 7.04. The molecule has 0 aliphatic carbocycles. The number of amides is 1. The van der Waals surface area contributed by atoms with E-state index in [-0.39, 0.29) is 5.91 Å². The van der Waals surface area contributed by atoms with E-state index in [1.807, 2.05) is 29.2 Å². The van der Waals surface area contributed by atoms with Crippen LogP contribution in [0.1, 0.15) is 17.5 Å². The number of rotatable bonds is 1. The van der Waals surface area contributed by atoms with Gasteiger partial charge in [0.05, 0.1) is 12.1 Å². The predicted molar refractivity (Wildman–Crippen MR) is 80.7 cm³/mol. The zero-order valence-corrected chi connectivity index (χ0v) is 11.2. The van der Waals surface area contributed by atoms with Gasteiger partial charge in [-0.3, -0.25) is 4.79 Å². The van der Waals surface area contributed by atoms with Crippen LogP contribution in [0.5, 0.6) is 0 Å². The minimum atomic E-state index is 0.246. The van der Waals surface area contributed by atoms with E-state index < -0.39 is 0 Å². The Labute approximate surface area is 118 Å². The molecule has 100 valence electrons. The van der Waals surface area contributed by atoms with Gasteiger partial charge in [-0.25, -0.2) is 0 Å². The molecule has 0 atom stereocenters. The minimum absolute atomic E-state index is 0.246. The number of carbonyl (C=O) groups is 1. The zero-order valence-electron chi connectivity index (χ0n) is 11.2. The molecule has 4 rings (SSSR count). The number of hydrogen-bond acceptors (Lipinski definition) is 2. The smallest absolute Gasteiger partial charge is 0.231 e. The third-order valence-corrected chi connectivity index (χ3v) is 4.25. The molecular formula is C17H16N2O. The van der Waals surface area contributed by atoms with E-state index in [0.717, 1.165) is 30.6 Å². The quantitative estimate of drug-likeness (QED) is 0.805. The molecule has 0 fully saturated rings. The second-order valence-electron chi connectivity index (χ2n) is 5.59. The van der Waals surface area contributed by atoms with E-state index >= 15 is 0 Å². The number of aryl methyl sites for hydroxylation is 1. The van der Waals surface area contributed by atoms with Crippen LogP contribution in [0.3, 0.4) is 0 Å². The van der Waals surface area contributed by atoms with Gasteiger partial charge in [0.25, 0.3) is 0 Å². The molecule has 2 N–H and O–H groups in total. The molecule has 0 bridgehead atoms. The first-order valence-electron chi connectivity index (χ1n) is 7.04. The van der Waals surface area contributed by atoms with Crippen LogP contribution in [-0.4, -0.2) is 12.5 Å². The van der Waals surface area contributed by atoms with Gasteiger partial charge in [0.2, 0.25) is 5.91 Å². The number of nitrogens with zero attached hydrogens (tertiary/aromatic N) is 1. The molecule has 0 saturated heterocycles. The van der Waals surface area contributed by atoms with E-state index in [1.165, 1.54) is 22.4 Å². The van der Waals surface area contributed by atoms with Crippen molar-refractivity contribution < 1.29 is 4.79 Å². The summed E-state index contributed by atoms with van der Waals surface area (Å²) in [5, 5.41) is 0. The van der Waals surface area contributed by atoms with Crippen molar-refractivity contribution in [2.24, 2.45) is 0 Å². The summed E-state index contributed by atoms with van der Waals surface area (Å²) >= 11 is 0. The maximum Gasteiger partial charge on any atom is 0.231 e. The van der Waals surface area contributed by atoms with Gasteiger partial charge in [-0.2, -0.15) is 0 Å². The van der Waals surface area contributed by atoms with Crippen LogP contribution >= 0.6 is 0 Å². The first-order chi connectivity index (χ1) is 9.72. The van der Waals surface area contributed by atoms with Crippen LogP contribution in [0.25, 0.3) is 11.1 Å². The summed E-state index contributed by atoms with van der Waals surface area (Å²) in [7, 11) is 0. The Kier molecular flexibility index (Phi) is 2.36. The lowest BCUT2D eigenvalue weighted by molar-refractivity contribution is -0.117. The summed E-state index contributed by atoms with van der Waals surface area (Å²) in [5.41, 5.74) is 12.5. The summed E-state index contributed by atoms with van der Waals surface area (Å²) < 4.78 is 0. The largest absolute Gasteiger partial charge is 0.399 e. The van der Waals surface area contributed by atoms with Crippen molar-refractivity contribution in [1.82, 2.24) is 0 Å². The summed E-state index contributed by atoms with van der Waals surface area (Å²) in [6.07, 6.45) is 2.67. The molecule has 3 heteroatoms. The molecule has 3 nitrogen and oxygen atoms in total. The normalized spacial score (nSPS) is 16.4. The lowest BCUT2D eigenvalue weighted by Gasteiger charge is -2.26. The first kappa shape index (κ1) is 11.5. The average molecular weight is 264 g/mol. The molecule has 2 aromatic rings. The van der Waals surface area contributed by atoms with Crippen molar-refractivity contribution in [3.63, 3.8) is 0 Å². The van der Waals surface area contributed by atoms with Gasteiger partial charge in [-0.15, -0.1) is 0 Å². The Hall–Kier alpha value is -2.29. The topological polar surface area (TPSA) is 46.3 Å². The molecule has 2 aromatic carbocycles. The van der Waals surface area contributed by atoms with E-state index in [2.05, 4.69) is 12.1 Å². The molecule has 2 aliphatic rings. The van der Waals surface area contributed by atoms with Gasteiger partial charge in [-0.1, -0.05) is 12.1 Å². The SMILES string of the molecule is Nc1ccc(-c2cc3c4c(c2)CC(=O)N4CCC3)cc1. The van der Waals surface area contributed by atoms with Gasteiger partial charge in [0.15, 0.2) is 0 Å². The van der Waals surface area contributed by atoms with Crippen LogP contribution in [0.15, 0.2) is 36.4 Å². The maximum absolute atomic E-state index is 12.1. The molecule has 0 saturated carbocycles. The number of hydrogen-bond donors (Lipinski definition) is 1. The third kappa shape index (κ3) is 1.63. The van der Waals surface area contributed by atoms with Crippen molar-refractivity contribution in [1.29, 1.82) is 0 Å². The molecule has 0 aromatic heterocycles. The van der Waals surface area contributed by atoms with Crippen molar-refractivity contribution in [3.05, 3.63) is 47.5 Å². The molecule has 2 aliphatic heterocycles. The summed E-state index contributed by atoms with van der Waals surface area (Å²) in [6.45, 7) is 0.875. The van der Waals surface area contributed by atoms with Crippen LogP contribution in [0.4, 0.5) is 11.4 Å². The number of anilines is 2. The highest BCUT2D eigenvalue weighted by atomic mass is 16.2. The van der Waals surface area contributed by atoms with Gasteiger partial charge >= 0.3 is 0 Å². The van der Waals surface area contributed by atoms with Crippen molar-refractivity contribution in [2.75, 3.05) is 17.2 Å². The Morgan fingerprint density at radius 2 is 1.75 bits per heavy atom. The van der Waals surface area contributed by atoms with Crippen LogP contribution in [0, 0.1) is 0 Å². The van der Waals surface area contributed by atoms with Crippen LogP contribution in [0.2, 0.25) is 0 Å². The molecular weight excluding hydrogens is 248 g/mol. The molecule has 1 amide bonds. The number of carbonyl (C=O) groups excluding carboxylic acids is 1. The average Bonchev–Trinajstić information content (AvgIpc) is 2.78. The molecule has 20 heavy (non-hydrogen) atoms. The fourth-order valence-corrected chi connectivity index (χ4v) is 3.32. The van der Waals surface area contributed by atoms with E-state index in [9.17, 15) is 4.79 Å². The van der Waals surface area contributed by atoms with Gasteiger partial charge in [0, 0.05) is 12.2 Å². The Morgan fingerprint density at radius 3 is 2.55 bits per heavy atom. The van der Waals surface area contributed by atoms with E-state index in [4.69, 9.17) is 5.73 Å². The van der Waals surface area contributed by atoms with Crippen molar-refractivity contribution in [2.45, 2.75) is 19.3 Å². The fourth-order valence-electron chi connectivity index (χ4n) is 3.32. The van der Waals surface area contributed by atoms with Crippen molar-refractivity contribution >= 4 is 17.3 Å². The lowest BCUT2D eigenvalue weighted by Crippen LogP contribution is -2.31. The zero-order chi connectivity index (χ0) is 13.7. The molecule has 0 spiro atoms. The Morgan fingerprint density at radius 1 is 1.00 bits per heavy atom. The number of benzene rings is 2. The number of nitrogens with two attached hydrogens (primary N) is 1. The molecule has 2 heterocycles. The summed E-state index contributed by atoms with van der Waals surface area (Å²) in [4.78, 5) is 14.0. The maximum atomic E-state index is 12.1. The molecule has 0 radical (unpaired) electrons. The third-order valence-electron chi connectivity index (χ3n) is 4.25. The minimum Gasteiger partial charge on any atom is -0.399 e. The lowest BCUT2D eigenvalue weighted by atomic mass is 9.94. The Balaban J connectivity index is 1.87. The fraction of sp³-hybridized carbons (Fsp3) is 0.235. The van der Waals surface area contributed by atoms with E-state index in [1.54, 1.807) is 0 Å². The van der Waals surface area contributed by atoms with Crippen LogP contribution < -0.4 is 10.6 Å². The standard InChI is InChI=1S/C17H16N2O/c18-15-5-3-11(4-6-15)13-8-12-2-1-7-19-16(20)10-14(9-13)17(12)19/h3-6,8-9H,1-2,7,10,18H2. The van der Waals surface area contributed by atoms with Gasteiger partial charge in [0.1, 0.15) is 0 Å². The second-order valence-corrected chi connectivity index (χ2v) is 5.59. The highest BCUT2D eigenvalue weighted by Gasteiger charge is 2.32. The summed E-state index contributed by atoms with van der Waals surface area (Å²) in [5.74, 6) is 0.246. The number of nitrogen functional groups attached to an aromatic ring is 1. The van der Waals surface area contributed by atoms with Crippen LogP contribution in [-0.2, 0) is 17.6 Å². The second kappa shape index (κ2) is 4.10. The van der Waals surface area contributed by atoms with Gasteiger partial charge in [-0.05, 0) is 59.4 Å². The highest BCUT2D eigenvalue weighted by molar-refractivity contribution is 6.03.